The number of rotatable bonds is 7. The smallest absolute Gasteiger partial charge is 0.236 e. The lowest BCUT2D eigenvalue weighted by molar-refractivity contribution is -0.120. The van der Waals surface area contributed by atoms with Gasteiger partial charge in [-0.05, 0) is 24.8 Å². The molecule has 0 aromatic carbocycles. The number of oxazole rings is 1. The summed E-state index contributed by atoms with van der Waals surface area (Å²) in [7, 11) is 0. The molecule has 0 bridgehead atoms. The first kappa shape index (κ1) is 14.8. The summed E-state index contributed by atoms with van der Waals surface area (Å²) in [5, 5.41) is 4.90. The minimum Gasteiger partial charge on any atom is -0.440 e. The Morgan fingerprint density at radius 1 is 1.45 bits per heavy atom. The second-order valence-corrected chi connectivity index (χ2v) is 5.68. The molecule has 2 aromatic rings. The number of amides is 1. The maximum absolute atomic E-state index is 11.8. The van der Waals surface area contributed by atoms with Crippen molar-refractivity contribution in [3.8, 4) is 10.8 Å². The summed E-state index contributed by atoms with van der Waals surface area (Å²) in [6.45, 7) is 4.73. The summed E-state index contributed by atoms with van der Waals surface area (Å²) in [6.07, 6.45) is 3.61. The highest BCUT2D eigenvalue weighted by molar-refractivity contribution is 7.13. The zero-order chi connectivity index (χ0) is 14.4. The third-order valence-electron chi connectivity index (χ3n) is 3.06. The molecule has 0 radical (unpaired) electrons. The third kappa shape index (κ3) is 3.93. The van der Waals surface area contributed by atoms with Gasteiger partial charge in [-0.25, -0.2) is 4.98 Å². The molecular formula is C15H20N2O2S. The van der Waals surface area contributed by atoms with Crippen LogP contribution in [0, 0.1) is 6.92 Å². The molecule has 0 spiro atoms. The Hall–Kier alpha value is -1.62. The molecule has 2 heterocycles. The van der Waals surface area contributed by atoms with Crippen LogP contribution in [0.4, 0.5) is 0 Å². The second-order valence-electron chi connectivity index (χ2n) is 4.73. The molecule has 1 amide bonds. The van der Waals surface area contributed by atoms with E-state index in [-0.39, 0.29) is 12.3 Å². The maximum atomic E-state index is 11.8. The predicted octanol–water partition coefficient (Wildman–Crippen LogP) is 3.56. The molecule has 5 heteroatoms. The van der Waals surface area contributed by atoms with E-state index in [4.69, 9.17) is 4.42 Å². The Morgan fingerprint density at radius 2 is 2.30 bits per heavy atom. The molecular weight excluding hydrogens is 272 g/mol. The van der Waals surface area contributed by atoms with Crippen molar-refractivity contribution >= 4 is 17.2 Å². The van der Waals surface area contributed by atoms with Gasteiger partial charge in [0.25, 0.3) is 0 Å². The van der Waals surface area contributed by atoms with Crippen LogP contribution >= 0.6 is 11.3 Å². The number of nitrogens with one attached hydrogen (secondary N) is 1. The van der Waals surface area contributed by atoms with E-state index in [0.717, 1.165) is 42.1 Å². The van der Waals surface area contributed by atoms with Crippen LogP contribution in [0.1, 0.15) is 37.6 Å². The summed E-state index contributed by atoms with van der Waals surface area (Å²) < 4.78 is 5.62. The number of thiophene rings is 1. The van der Waals surface area contributed by atoms with Gasteiger partial charge in [0.1, 0.15) is 5.76 Å². The van der Waals surface area contributed by atoms with Crippen LogP contribution in [0.2, 0.25) is 0 Å². The van der Waals surface area contributed by atoms with Crippen LogP contribution in [0.25, 0.3) is 10.8 Å². The van der Waals surface area contributed by atoms with Crippen molar-refractivity contribution in [1.29, 1.82) is 0 Å². The molecule has 2 rings (SSSR count). The van der Waals surface area contributed by atoms with Crippen molar-refractivity contribution in [3.63, 3.8) is 0 Å². The Balaban J connectivity index is 1.91. The molecule has 4 nitrogen and oxygen atoms in total. The molecule has 2 aromatic heterocycles. The fraction of sp³-hybridized carbons (Fsp3) is 0.467. The highest BCUT2D eigenvalue weighted by Gasteiger charge is 2.14. The average Bonchev–Trinajstić information content (AvgIpc) is 3.05. The standard InChI is InChI=1S/C15H20N2O2S/c1-3-4-5-8-16-14(18)10-12-11(2)19-15(17-12)13-7-6-9-20-13/h6-7,9H,3-5,8,10H2,1-2H3,(H,16,18). The van der Waals surface area contributed by atoms with Crippen molar-refractivity contribution in [2.24, 2.45) is 0 Å². The molecule has 0 saturated heterocycles. The van der Waals surface area contributed by atoms with E-state index in [1.54, 1.807) is 11.3 Å². The normalized spacial score (nSPS) is 10.7. The van der Waals surface area contributed by atoms with Gasteiger partial charge in [0.05, 0.1) is 17.0 Å². The van der Waals surface area contributed by atoms with Crippen molar-refractivity contribution in [2.75, 3.05) is 6.54 Å². The van der Waals surface area contributed by atoms with Gasteiger partial charge < -0.3 is 9.73 Å². The number of hydrogen-bond acceptors (Lipinski definition) is 4. The van der Waals surface area contributed by atoms with Crippen molar-refractivity contribution in [1.82, 2.24) is 10.3 Å². The first-order chi connectivity index (χ1) is 9.70. The van der Waals surface area contributed by atoms with Gasteiger partial charge in [0, 0.05) is 6.54 Å². The minimum atomic E-state index is 0.00947. The van der Waals surface area contributed by atoms with Gasteiger partial charge in [0.2, 0.25) is 11.8 Å². The Morgan fingerprint density at radius 3 is 3.00 bits per heavy atom. The van der Waals surface area contributed by atoms with Crippen LogP contribution in [0.15, 0.2) is 21.9 Å². The first-order valence-corrected chi connectivity index (χ1v) is 7.85. The molecule has 0 saturated carbocycles. The number of carbonyl (C=O) groups is 1. The van der Waals surface area contributed by atoms with E-state index in [2.05, 4.69) is 17.2 Å². The highest BCUT2D eigenvalue weighted by Crippen LogP contribution is 2.25. The summed E-state index contributed by atoms with van der Waals surface area (Å²) in [6, 6.07) is 3.92. The van der Waals surface area contributed by atoms with Gasteiger partial charge in [0.15, 0.2) is 0 Å². The van der Waals surface area contributed by atoms with E-state index in [1.807, 2.05) is 24.4 Å². The van der Waals surface area contributed by atoms with Crippen LogP contribution in [-0.4, -0.2) is 17.4 Å². The quantitative estimate of drug-likeness (QED) is 0.794. The van der Waals surface area contributed by atoms with Gasteiger partial charge in [-0.15, -0.1) is 11.3 Å². The Kier molecular flexibility index (Phi) is 5.35. The van der Waals surface area contributed by atoms with Gasteiger partial charge in [-0.1, -0.05) is 25.8 Å². The molecule has 0 fully saturated rings. The van der Waals surface area contributed by atoms with Crippen LogP contribution in [0.5, 0.6) is 0 Å². The summed E-state index contributed by atoms with van der Waals surface area (Å²) in [5.41, 5.74) is 0.724. The lowest BCUT2D eigenvalue weighted by atomic mass is 10.2. The summed E-state index contributed by atoms with van der Waals surface area (Å²) in [4.78, 5) is 17.2. The Labute approximate surface area is 123 Å². The number of aryl methyl sites for hydroxylation is 1. The lowest BCUT2D eigenvalue weighted by Gasteiger charge is -2.03. The van der Waals surface area contributed by atoms with Gasteiger partial charge >= 0.3 is 0 Å². The second kappa shape index (κ2) is 7.24. The zero-order valence-corrected chi connectivity index (χ0v) is 12.8. The number of nitrogens with zero attached hydrogens (tertiary/aromatic N) is 1. The van der Waals surface area contributed by atoms with E-state index in [9.17, 15) is 4.79 Å². The van der Waals surface area contributed by atoms with Gasteiger partial charge in [-0.2, -0.15) is 0 Å². The largest absolute Gasteiger partial charge is 0.440 e. The fourth-order valence-corrected chi connectivity index (χ4v) is 2.56. The molecule has 108 valence electrons. The predicted molar refractivity (Wildman–Crippen MR) is 80.8 cm³/mol. The maximum Gasteiger partial charge on any atom is 0.236 e. The topological polar surface area (TPSA) is 55.1 Å². The molecule has 0 unspecified atom stereocenters. The fourth-order valence-electron chi connectivity index (χ4n) is 1.92. The molecule has 0 aliphatic carbocycles. The van der Waals surface area contributed by atoms with Crippen LogP contribution < -0.4 is 5.32 Å². The van der Waals surface area contributed by atoms with E-state index < -0.39 is 0 Å². The minimum absolute atomic E-state index is 0.00947. The van der Waals surface area contributed by atoms with Crippen molar-refractivity contribution < 1.29 is 9.21 Å². The monoisotopic (exact) mass is 292 g/mol. The summed E-state index contributed by atoms with van der Waals surface area (Å²) >= 11 is 1.58. The average molecular weight is 292 g/mol. The van der Waals surface area contributed by atoms with Gasteiger partial charge in [-0.3, -0.25) is 4.79 Å². The SMILES string of the molecule is CCCCCNC(=O)Cc1nc(-c2cccs2)oc1C. The molecule has 0 aliphatic heterocycles. The van der Waals surface area contributed by atoms with E-state index >= 15 is 0 Å². The molecule has 20 heavy (non-hydrogen) atoms. The van der Waals surface area contributed by atoms with Crippen molar-refractivity contribution in [2.45, 2.75) is 39.5 Å². The van der Waals surface area contributed by atoms with Crippen LogP contribution in [-0.2, 0) is 11.2 Å². The van der Waals surface area contributed by atoms with E-state index in [1.165, 1.54) is 0 Å². The number of hydrogen-bond donors (Lipinski definition) is 1. The first-order valence-electron chi connectivity index (χ1n) is 6.97. The highest BCUT2D eigenvalue weighted by atomic mass is 32.1. The van der Waals surface area contributed by atoms with Crippen molar-refractivity contribution in [3.05, 3.63) is 29.0 Å². The van der Waals surface area contributed by atoms with E-state index in [0.29, 0.717) is 5.89 Å². The summed E-state index contributed by atoms with van der Waals surface area (Å²) in [5.74, 6) is 1.33. The zero-order valence-electron chi connectivity index (χ0n) is 11.9. The molecule has 1 N–H and O–H groups in total. The molecule has 0 atom stereocenters. The lowest BCUT2D eigenvalue weighted by Crippen LogP contribution is -2.26. The third-order valence-corrected chi connectivity index (χ3v) is 3.91. The molecule has 0 aliphatic rings. The number of carbonyl (C=O) groups excluding carboxylic acids is 1. The number of unbranched alkanes of at least 4 members (excludes halogenated alkanes) is 2. The number of aromatic nitrogens is 1. The van der Waals surface area contributed by atoms with Crippen LogP contribution in [0.3, 0.4) is 0 Å². The Bertz CT molecular complexity index is 546.